The van der Waals surface area contributed by atoms with Crippen molar-refractivity contribution in [3.63, 3.8) is 0 Å². The second-order valence-corrected chi connectivity index (χ2v) is 6.89. The Hall–Kier alpha value is -1.24. The van der Waals surface area contributed by atoms with Crippen LogP contribution in [-0.2, 0) is 11.3 Å². The smallest absolute Gasteiger partial charge is 0.232 e. The Morgan fingerprint density at radius 1 is 1.41 bits per heavy atom. The largest absolute Gasteiger partial charge is 0.332 e. The average molecular weight is 357 g/mol. The maximum Gasteiger partial charge on any atom is 0.232 e. The SMILES string of the molecule is O=C(C(Cn1cncn1)c1ccc(Cl)cc1Cl)N1CCSC1. The van der Waals surface area contributed by atoms with Crippen molar-refractivity contribution in [2.45, 2.75) is 12.5 Å². The van der Waals surface area contributed by atoms with E-state index in [0.717, 1.165) is 23.7 Å². The number of nitrogens with zero attached hydrogens (tertiary/aromatic N) is 4. The highest BCUT2D eigenvalue weighted by Gasteiger charge is 2.30. The standard InChI is InChI=1S/C14H14Cl2N4OS/c15-10-1-2-11(13(16)5-10)12(6-20-8-17-7-18-20)14(21)19-3-4-22-9-19/h1-2,5,7-8,12H,3-4,6,9H2. The molecule has 3 rings (SSSR count). The third-order valence-electron chi connectivity index (χ3n) is 3.54. The zero-order chi connectivity index (χ0) is 15.5. The monoisotopic (exact) mass is 356 g/mol. The molecular weight excluding hydrogens is 343 g/mol. The van der Waals surface area contributed by atoms with Crippen LogP contribution in [0, 0.1) is 0 Å². The Bertz CT molecular complexity index is 659. The van der Waals surface area contributed by atoms with E-state index in [4.69, 9.17) is 23.2 Å². The zero-order valence-corrected chi connectivity index (χ0v) is 14.0. The molecule has 5 nitrogen and oxygen atoms in total. The molecular formula is C14H14Cl2N4OS. The van der Waals surface area contributed by atoms with Gasteiger partial charge in [0.2, 0.25) is 5.91 Å². The Balaban J connectivity index is 1.92. The molecule has 0 saturated carbocycles. The van der Waals surface area contributed by atoms with Crippen molar-refractivity contribution >= 4 is 40.9 Å². The highest BCUT2D eigenvalue weighted by Crippen LogP contribution is 2.31. The summed E-state index contributed by atoms with van der Waals surface area (Å²) in [6.45, 7) is 1.17. The predicted octanol–water partition coefficient (Wildman–Crippen LogP) is 2.90. The Morgan fingerprint density at radius 3 is 2.91 bits per heavy atom. The second-order valence-electron chi connectivity index (χ2n) is 4.97. The molecule has 1 fully saturated rings. The van der Waals surface area contributed by atoms with Crippen LogP contribution in [0.1, 0.15) is 11.5 Å². The second kappa shape index (κ2) is 6.89. The van der Waals surface area contributed by atoms with Crippen LogP contribution in [0.15, 0.2) is 30.9 Å². The van der Waals surface area contributed by atoms with Crippen molar-refractivity contribution < 1.29 is 4.79 Å². The van der Waals surface area contributed by atoms with Gasteiger partial charge in [-0.25, -0.2) is 4.98 Å². The molecule has 1 aliphatic heterocycles. The molecule has 22 heavy (non-hydrogen) atoms. The predicted molar refractivity (Wildman–Crippen MR) is 88.3 cm³/mol. The highest BCUT2D eigenvalue weighted by molar-refractivity contribution is 7.99. The van der Waals surface area contributed by atoms with Gasteiger partial charge in [-0.1, -0.05) is 29.3 Å². The Morgan fingerprint density at radius 2 is 2.27 bits per heavy atom. The number of rotatable bonds is 4. The molecule has 1 aliphatic rings. The van der Waals surface area contributed by atoms with E-state index in [2.05, 4.69) is 10.1 Å². The molecule has 0 aliphatic carbocycles. The first-order chi connectivity index (χ1) is 10.6. The van der Waals surface area contributed by atoms with Crippen LogP contribution in [0.4, 0.5) is 0 Å². The summed E-state index contributed by atoms with van der Waals surface area (Å²) in [4.78, 5) is 18.7. The van der Waals surface area contributed by atoms with Gasteiger partial charge in [-0.05, 0) is 17.7 Å². The first kappa shape index (κ1) is 15.6. The summed E-state index contributed by atoms with van der Waals surface area (Å²) in [6.07, 6.45) is 3.06. The van der Waals surface area contributed by atoms with Gasteiger partial charge in [0.05, 0.1) is 18.3 Å². The van der Waals surface area contributed by atoms with Gasteiger partial charge in [0.15, 0.2) is 0 Å². The van der Waals surface area contributed by atoms with E-state index in [0.29, 0.717) is 16.6 Å². The van der Waals surface area contributed by atoms with Crippen molar-refractivity contribution in [3.8, 4) is 0 Å². The van der Waals surface area contributed by atoms with E-state index in [1.54, 1.807) is 34.9 Å². The molecule has 0 spiro atoms. The summed E-state index contributed by atoms with van der Waals surface area (Å²) in [7, 11) is 0. The quantitative estimate of drug-likeness (QED) is 0.844. The van der Waals surface area contributed by atoms with Gasteiger partial charge in [0.1, 0.15) is 12.7 Å². The molecule has 1 atom stereocenters. The third-order valence-corrected chi connectivity index (χ3v) is 5.06. The number of amides is 1. The minimum atomic E-state index is -0.398. The molecule has 2 aromatic rings. The molecule has 0 bridgehead atoms. The minimum Gasteiger partial charge on any atom is -0.332 e. The fourth-order valence-electron chi connectivity index (χ4n) is 2.42. The van der Waals surface area contributed by atoms with Crippen molar-refractivity contribution in [1.82, 2.24) is 19.7 Å². The fourth-order valence-corrected chi connectivity index (χ4v) is 3.91. The van der Waals surface area contributed by atoms with Crippen LogP contribution < -0.4 is 0 Å². The van der Waals surface area contributed by atoms with Gasteiger partial charge in [0, 0.05) is 22.3 Å². The molecule has 1 aromatic heterocycles. The van der Waals surface area contributed by atoms with Crippen LogP contribution in [0.25, 0.3) is 0 Å². The Kier molecular flexibility index (Phi) is 4.90. The summed E-state index contributed by atoms with van der Waals surface area (Å²) in [5, 5.41) is 5.15. The number of halogens is 2. The van der Waals surface area contributed by atoms with Gasteiger partial charge < -0.3 is 4.90 Å². The molecule has 116 valence electrons. The van der Waals surface area contributed by atoms with Crippen LogP contribution in [0.2, 0.25) is 10.0 Å². The number of carbonyl (C=O) groups excluding carboxylic acids is 1. The lowest BCUT2D eigenvalue weighted by Gasteiger charge is -2.23. The first-order valence-corrected chi connectivity index (χ1v) is 8.70. The van der Waals surface area contributed by atoms with Gasteiger partial charge in [0.25, 0.3) is 0 Å². The average Bonchev–Trinajstić information content (AvgIpc) is 3.18. The van der Waals surface area contributed by atoms with Crippen LogP contribution in [-0.4, -0.2) is 43.7 Å². The molecule has 1 amide bonds. The fraction of sp³-hybridized carbons (Fsp3) is 0.357. The molecule has 1 aromatic carbocycles. The number of benzene rings is 1. The maximum absolute atomic E-state index is 12.9. The van der Waals surface area contributed by atoms with Crippen LogP contribution in [0.5, 0.6) is 0 Å². The number of carbonyl (C=O) groups is 1. The number of hydrogen-bond acceptors (Lipinski definition) is 4. The number of thioether (sulfide) groups is 1. The molecule has 1 saturated heterocycles. The molecule has 0 radical (unpaired) electrons. The topological polar surface area (TPSA) is 51.0 Å². The van der Waals surface area contributed by atoms with E-state index in [1.807, 2.05) is 11.0 Å². The van der Waals surface area contributed by atoms with Crippen molar-refractivity contribution in [2.24, 2.45) is 0 Å². The van der Waals surface area contributed by atoms with E-state index in [-0.39, 0.29) is 5.91 Å². The normalized spacial score (nSPS) is 16.0. The minimum absolute atomic E-state index is 0.0599. The van der Waals surface area contributed by atoms with Gasteiger partial charge >= 0.3 is 0 Å². The van der Waals surface area contributed by atoms with Gasteiger partial charge in [-0.15, -0.1) is 11.8 Å². The Labute approximate surface area is 142 Å². The number of hydrogen-bond donors (Lipinski definition) is 0. The van der Waals surface area contributed by atoms with E-state index in [9.17, 15) is 4.79 Å². The van der Waals surface area contributed by atoms with Crippen LogP contribution >= 0.6 is 35.0 Å². The summed E-state index contributed by atoms with van der Waals surface area (Å²) >= 11 is 14.0. The summed E-state index contributed by atoms with van der Waals surface area (Å²) < 4.78 is 1.65. The maximum atomic E-state index is 12.9. The van der Waals surface area contributed by atoms with Gasteiger partial charge in [-0.2, -0.15) is 5.10 Å². The lowest BCUT2D eigenvalue weighted by Crippen LogP contribution is -2.35. The van der Waals surface area contributed by atoms with Crippen molar-refractivity contribution in [2.75, 3.05) is 18.2 Å². The van der Waals surface area contributed by atoms with E-state index in [1.165, 1.54) is 6.33 Å². The molecule has 1 unspecified atom stereocenters. The third kappa shape index (κ3) is 3.39. The molecule has 0 N–H and O–H groups in total. The summed E-state index contributed by atoms with van der Waals surface area (Å²) in [6, 6.07) is 5.23. The van der Waals surface area contributed by atoms with Crippen LogP contribution in [0.3, 0.4) is 0 Å². The lowest BCUT2D eigenvalue weighted by molar-refractivity contribution is -0.131. The van der Waals surface area contributed by atoms with E-state index < -0.39 is 5.92 Å². The first-order valence-electron chi connectivity index (χ1n) is 6.79. The van der Waals surface area contributed by atoms with Crippen molar-refractivity contribution in [3.05, 3.63) is 46.5 Å². The summed E-state index contributed by atoms with van der Waals surface area (Å²) in [5.41, 5.74) is 0.767. The lowest BCUT2D eigenvalue weighted by atomic mass is 9.97. The van der Waals surface area contributed by atoms with Crippen molar-refractivity contribution in [1.29, 1.82) is 0 Å². The molecule has 2 heterocycles. The number of aromatic nitrogens is 3. The van der Waals surface area contributed by atoms with Gasteiger partial charge in [-0.3, -0.25) is 9.48 Å². The zero-order valence-electron chi connectivity index (χ0n) is 11.7. The highest BCUT2D eigenvalue weighted by atomic mass is 35.5. The molecule has 8 heteroatoms. The van der Waals surface area contributed by atoms with E-state index >= 15 is 0 Å². The summed E-state index contributed by atoms with van der Waals surface area (Å²) in [5.74, 6) is 1.35.